The molecule has 1 fully saturated rings. The Labute approximate surface area is 178 Å². The SMILES string of the molecule is CC1COc2c(NC3CCC(c4ccccn4)C3)c(F)c(N)c3c(=O)c(C#N)cn1c23. The van der Waals surface area contributed by atoms with Crippen molar-refractivity contribution >= 4 is 22.3 Å². The standard InChI is InChI=1S/C23H22FN5O2/c1-12-11-31-23-20(28-15-6-5-13(8-15)16-4-2-3-7-27-16)18(24)19(26)17-21(23)29(12)10-14(9-25)22(17)30/h2-4,7,10,12-13,15,28H,5-6,8,11,26H2,1H3. The summed E-state index contributed by atoms with van der Waals surface area (Å²) in [6.45, 7) is 2.21. The van der Waals surface area contributed by atoms with Crippen LogP contribution in [0.5, 0.6) is 5.75 Å². The largest absolute Gasteiger partial charge is 0.487 e. The van der Waals surface area contributed by atoms with Crippen LogP contribution in [0.3, 0.4) is 0 Å². The van der Waals surface area contributed by atoms with Crippen LogP contribution in [0.25, 0.3) is 10.9 Å². The van der Waals surface area contributed by atoms with Gasteiger partial charge >= 0.3 is 0 Å². The number of nitrogens with one attached hydrogen (secondary N) is 1. The molecule has 1 saturated carbocycles. The number of halogens is 1. The van der Waals surface area contributed by atoms with Crippen molar-refractivity contribution in [2.24, 2.45) is 0 Å². The Kier molecular flexibility index (Phi) is 4.54. The van der Waals surface area contributed by atoms with Crippen molar-refractivity contribution in [3.05, 3.63) is 57.9 Å². The molecule has 31 heavy (non-hydrogen) atoms. The van der Waals surface area contributed by atoms with Gasteiger partial charge in [0.15, 0.2) is 11.6 Å². The topological polar surface area (TPSA) is 106 Å². The summed E-state index contributed by atoms with van der Waals surface area (Å²) >= 11 is 0. The molecular formula is C23H22FN5O2. The van der Waals surface area contributed by atoms with Crippen molar-refractivity contribution in [2.75, 3.05) is 17.7 Å². The van der Waals surface area contributed by atoms with Gasteiger partial charge in [0.2, 0.25) is 5.43 Å². The zero-order valence-electron chi connectivity index (χ0n) is 17.1. The summed E-state index contributed by atoms with van der Waals surface area (Å²) in [5.74, 6) is -0.131. The summed E-state index contributed by atoms with van der Waals surface area (Å²) in [5, 5.41) is 12.6. The van der Waals surface area contributed by atoms with Crippen molar-refractivity contribution in [1.29, 1.82) is 5.26 Å². The third-order valence-corrected chi connectivity index (χ3v) is 6.35. The highest BCUT2D eigenvalue weighted by molar-refractivity contribution is 6.00. The second-order valence-electron chi connectivity index (χ2n) is 8.31. The molecule has 8 heteroatoms. The normalized spacial score (nSPS) is 22.2. The van der Waals surface area contributed by atoms with E-state index in [0.717, 1.165) is 25.0 Å². The zero-order chi connectivity index (χ0) is 21.7. The maximum absolute atomic E-state index is 15.4. The van der Waals surface area contributed by atoms with E-state index in [1.807, 2.05) is 31.2 Å². The highest BCUT2D eigenvalue weighted by atomic mass is 19.1. The first-order chi connectivity index (χ1) is 15.0. The molecule has 3 N–H and O–H groups in total. The van der Waals surface area contributed by atoms with Crippen LogP contribution >= 0.6 is 0 Å². The summed E-state index contributed by atoms with van der Waals surface area (Å²) in [4.78, 5) is 17.2. The molecule has 1 aromatic carbocycles. The maximum atomic E-state index is 15.4. The molecule has 1 aliphatic heterocycles. The highest BCUT2D eigenvalue weighted by Crippen LogP contribution is 2.45. The van der Waals surface area contributed by atoms with Crippen LogP contribution in [0.1, 0.15) is 49.4 Å². The molecule has 0 saturated heterocycles. The minimum absolute atomic E-state index is 0.00133. The number of pyridine rings is 2. The first-order valence-electron chi connectivity index (χ1n) is 10.4. The van der Waals surface area contributed by atoms with Gasteiger partial charge in [0.05, 0.1) is 22.6 Å². The van der Waals surface area contributed by atoms with Gasteiger partial charge in [-0.1, -0.05) is 6.07 Å². The number of nitrogen functional groups attached to an aromatic ring is 1. The number of ether oxygens (including phenoxy) is 1. The molecule has 3 heterocycles. The summed E-state index contributed by atoms with van der Waals surface area (Å²) < 4.78 is 23.1. The quantitative estimate of drug-likeness (QED) is 0.627. The summed E-state index contributed by atoms with van der Waals surface area (Å²) in [5.41, 5.74) is 6.85. The lowest BCUT2D eigenvalue weighted by atomic mass is 10.0. The number of nitriles is 1. The number of hydrogen-bond acceptors (Lipinski definition) is 6. The number of aromatic nitrogens is 2. The molecule has 3 atom stereocenters. The van der Waals surface area contributed by atoms with E-state index in [9.17, 15) is 10.1 Å². The van der Waals surface area contributed by atoms with E-state index in [1.54, 1.807) is 10.8 Å². The lowest BCUT2D eigenvalue weighted by Gasteiger charge is -2.30. The zero-order valence-corrected chi connectivity index (χ0v) is 17.1. The smallest absolute Gasteiger partial charge is 0.209 e. The van der Waals surface area contributed by atoms with Gasteiger partial charge in [-0.3, -0.25) is 9.78 Å². The number of nitrogens with two attached hydrogens (primary N) is 1. The van der Waals surface area contributed by atoms with Crippen molar-refractivity contribution < 1.29 is 9.13 Å². The highest BCUT2D eigenvalue weighted by Gasteiger charge is 2.32. The molecule has 5 rings (SSSR count). The van der Waals surface area contributed by atoms with Crippen LogP contribution < -0.4 is 21.2 Å². The van der Waals surface area contributed by atoms with Crippen molar-refractivity contribution in [3.63, 3.8) is 0 Å². The third kappa shape index (κ3) is 3.00. The second kappa shape index (κ2) is 7.27. The van der Waals surface area contributed by atoms with Crippen LogP contribution in [-0.4, -0.2) is 22.2 Å². The fraction of sp³-hybridized carbons (Fsp3) is 0.348. The monoisotopic (exact) mass is 419 g/mol. The lowest BCUT2D eigenvalue weighted by molar-refractivity contribution is 0.247. The maximum Gasteiger partial charge on any atom is 0.209 e. The van der Waals surface area contributed by atoms with E-state index < -0.39 is 11.2 Å². The van der Waals surface area contributed by atoms with Crippen molar-refractivity contribution in [1.82, 2.24) is 9.55 Å². The minimum Gasteiger partial charge on any atom is -0.487 e. The van der Waals surface area contributed by atoms with E-state index in [4.69, 9.17) is 10.5 Å². The van der Waals surface area contributed by atoms with Crippen LogP contribution in [0.4, 0.5) is 15.8 Å². The fourth-order valence-electron chi connectivity index (χ4n) is 4.76. The molecule has 0 amide bonds. The van der Waals surface area contributed by atoms with Crippen LogP contribution in [0.15, 0.2) is 35.4 Å². The molecular weight excluding hydrogens is 397 g/mol. The third-order valence-electron chi connectivity index (χ3n) is 6.35. The predicted octanol–water partition coefficient (Wildman–Crippen LogP) is 3.69. The molecule has 2 aromatic heterocycles. The molecule has 158 valence electrons. The number of benzene rings is 1. The van der Waals surface area contributed by atoms with E-state index in [2.05, 4.69) is 10.3 Å². The van der Waals surface area contributed by atoms with Crippen LogP contribution in [-0.2, 0) is 0 Å². The van der Waals surface area contributed by atoms with Gasteiger partial charge in [0.25, 0.3) is 0 Å². The molecule has 2 aliphatic rings. The molecule has 1 aliphatic carbocycles. The van der Waals surface area contributed by atoms with E-state index in [-0.39, 0.29) is 40.2 Å². The molecule has 3 unspecified atom stereocenters. The molecule has 3 aromatic rings. The summed E-state index contributed by atoms with van der Waals surface area (Å²) in [6.07, 6.45) is 5.91. The first kappa shape index (κ1) is 19.4. The average molecular weight is 419 g/mol. The molecule has 7 nitrogen and oxygen atoms in total. The number of nitrogens with zero attached hydrogens (tertiary/aromatic N) is 3. The number of anilines is 2. The predicted molar refractivity (Wildman–Crippen MR) is 116 cm³/mol. The Hall–Kier alpha value is -3.60. The summed E-state index contributed by atoms with van der Waals surface area (Å²) in [6, 6.07) is 7.67. The van der Waals surface area contributed by atoms with Crippen molar-refractivity contribution in [3.8, 4) is 11.8 Å². The fourth-order valence-corrected chi connectivity index (χ4v) is 4.76. The Morgan fingerprint density at radius 3 is 2.97 bits per heavy atom. The lowest BCUT2D eigenvalue weighted by Crippen LogP contribution is -2.27. The minimum atomic E-state index is -0.711. The first-order valence-corrected chi connectivity index (χ1v) is 10.4. The summed E-state index contributed by atoms with van der Waals surface area (Å²) in [7, 11) is 0. The van der Waals surface area contributed by atoms with E-state index >= 15 is 4.39 Å². The van der Waals surface area contributed by atoms with Gasteiger partial charge in [-0.15, -0.1) is 0 Å². The van der Waals surface area contributed by atoms with E-state index in [1.165, 1.54) is 6.20 Å². The van der Waals surface area contributed by atoms with Crippen LogP contribution in [0, 0.1) is 17.1 Å². The van der Waals surface area contributed by atoms with Crippen LogP contribution in [0.2, 0.25) is 0 Å². The van der Waals surface area contributed by atoms with E-state index in [0.29, 0.717) is 18.0 Å². The molecule has 0 spiro atoms. The molecule has 0 bridgehead atoms. The van der Waals surface area contributed by atoms with Gasteiger partial charge in [-0.05, 0) is 38.3 Å². The Bertz CT molecular complexity index is 1280. The Morgan fingerprint density at radius 1 is 1.39 bits per heavy atom. The molecule has 0 radical (unpaired) electrons. The van der Waals surface area contributed by atoms with Gasteiger partial charge in [0.1, 0.15) is 23.9 Å². The number of rotatable bonds is 3. The second-order valence-corrected chi connectivity index (χ2v) is 8.31. The van der Waals surface area contributed by atoms with Gasteiger partial charge in [0, 0.05) is 30.0 Å². The Balaban J connectivity index is 1.59. The van der Waals surface area contributed by atoms with Gasteiger partial charge in [-0.25, -0.2) is 4.39 Å². The van der Waals surface area contributed by atoms with Gasteiger partial charge < -0.3 is 20.4 Å². The van der Waals surface area contributed by atoms with Gasteiger partial charge in [-0.2, -0.15) is 5.26 Å². The average Bonchev–Trinajstić information content (AvgIpc) is 3.25. The number of hydrogen-bond donors (Lipinski definition) is 2. The van der Waals surface area contributed by atoms with Crippen molar-refractivity contribution in [2.45, 2.75) is 44.2 Å². The Morgan fingerprint density at radius 2 is 2.23 bits per heavy atom.